The number of amides is 1. The van der Waals surface area contributed by atoms with Gasteiger partial charge in [-0.25, -0.2) is 0 Å². The number of nitrogens with one attached hydrogen (secondary N) is 1. The third-order valence-electron chi connectivity index (χ3n) is 2.72. The van der Waals surface area contributed by atoms with Crippen LogP contribution in [-0.2, 0) is 17.8 Å². The first-order valence-electron chi connectivity index (χ1n) is 6.00. The summed E-state index contributed by atoms with van der Waals surface area (Å²) in [5.41, 5.74) is 8.25. The van der Waals surface area contributed by atoms with Crippen molar-refractivity contribution in [2.45, 2.75) is 13.0 Å². The molecule has 0 radical (unpaired) electrons. The molecule has 0 atom stereocenters. The lowest BCUT2D eigenvalue weighted by Gasteiger charge is -2.07. The molecule has 0 aromatic heterocycles. The van der Waals surface area contributed by atoms with E-state index in [2.05, 4.69) is 5.32 Å². The zero-order valence-electron chi connectivity index (χ0n) is 10.4. The van der Waals surface area contributed by atoms with Crippen LogP contribution in [0.15, 0.2) is 48.5 Å². The van der Waals surface area contributed by atoms with Gasteiger partial charge in [-0.3, -0.25) is 4.79 Å². The average molecular weight is 275 g/mol. The normalized spacial score (nSPS) is 10.2. The van der Waals surface area contributed by atoms with Gasteiger partial charge in [0.25, 0.3) is 0 Å². The van der Waals surface area contributed by atoms with Gasteiger partial charge in [-0.1, -0.05) is 35.9 Å². The molecule has 0 saturated carbocycles. The van der Waals surface area contributed by atoms with Crippen molar-refractivity contribution < 1.29 is 4.79 Å². The van der Waals surface area contributed by atoms with E-state index in [1.165, 1.54) is 0 Å². The summed E-state index contributed by atoms with van der Waals surface area (Å²) in [5.74, 6) is -0.0588. The third-order valence-corrected chi connectivity index (χ3v) is 2.98. The van der Waals surface area contributed by atoms with Crippen LogP contribution in [0.4, 0.5) is 5.69 Å². The molecular formula is C15H15ClN2O. The first-order chi connectivity index (χ1) is 9.17. The summed E-state index contributed by atoms with van der Waals surface area (Å²) in [4.78, 5) is 11.9. The number of nitrogens with two attached hydrogens (primary N) is 1. The molecule has 0 unspecified atom stereocenters. The number of hydrogen-bond donors (Lipinski definition) is 2. The molecule has 2 rings (SSSR count). The molecule has 3 N–H and O–H groups in total. The van der Waals surface area contributed by atoms with Crippen molar-refractivity contribution in [2.24, 2.45) is 5.73 Å². The van der Waals surface area contributed by atoms with Crippen LogP contribution in [-0.4, -0.2) is 5.91 Å². The highest BCUT2D eigenvalue weighted by Crippen LogP contribution is 2.13. The fourth-order valence-electron chi connectivity index (χ4n) is 1.77. The molecule has 3 nitrogen and oxygen atoms in total. The zero-order chi connectivity index (χ0) is 13.7. The molecule has 98 valence electrons. The Morgan fingerprint density at radius 2 is 1.84 bits per heavy atom. The van der Waals surface area contributed by atoms with E-state index in [4.69, 9.17) is 17.3 Å². The smallest absolute Gasteiger partial charge is 0.228 e. The molecular weight excluding hydrogens is 260 g/mol. The van der Waals surface area contributed by atoms with E-state index < -0.39 is 0 Å². The molecule has 4 heteroatoms. The second kappa shape index (κ2) is 6.36. The van der Waals surface area contributed by atoms with E-state index in [1.54, 1.807) is 12.1 Å². The Morgan fingerprint density at radius 3 is 2.53 bits per heavy atom. The Morgan fingerprint density at radius 1 is 1.11 bits per heavy atom. The largest absolute Gasteiger partial charge is 0.326 e. The summed E-state index contributed by atoms with van der Waals surface area (Å²) in [7, 11) is 0. The predicted octanol–water partition coefficient (Wildman–Crippen LogP) is 2.98. The van der Waals surface area contributed by atoms with E-state index in [1.807, 2.05) is 36.4 Å². The fourth-order valence-corrected chi connectivity index (χ4v) is 1.89. The lowest BCUT2D eigenvalue weighted by Crippen LogP contribution is -2.14. The monoisotopic (exact) mass is 274 g/mol. The van der Waals surface area contributed by atoms with Crippen molar-refractivity contribution >= 4 is 23.2 Å². The van der Waals surface area contributed by atoms with Gasteiger partial charge >= 0.3 is 0 Å². The summed E-state index contributed by atoms with van der Waals surface area (Å²) in [6, 6.07) is 14.8. The van der Waals surface area contributed by atoms with Crippen molar-refractivity contribution in [1.29, 1.82) is 0 Å². The first-order valence-corrected chi connectivity index (χ1v) is 6.38. The van der Waals surface area contributed by atoms with Crippen molar-refractivity contribution in [3.8, 4) is 0 Å². The van der Waals surface area contributed by atoms with Crippen LogP contribution in [0.2, 0.25) is 5.02 Å². The van der Waals surface area contributed by atoms with E-state index in [-0.39, 0.29) is 5.91 Å². The molecule has 0 heterocycles. The molecule has 0 aliphatic rings. The number of anilines is 1. The maximum Gasteiger partial charge on any atom is 0.228 e. The van der Waals surface area contributed by atoms with Gasteiger partial charge in [0.1, 0.15) is 0 Å². The molecule has 0 bridgehead atoms. The zero-order valence-corrected chi connectivity index (χ0v) is 11.2. The number of carbonyl (C=O) groups is 1. The van der Waals surface area contributed by atoms with Gasteiger partial charge in [0.15, 0.2) is 0 Å². The molecule has 0 aliphatic carbocycles. The number of carbonyl (C=O) groups excluding carboxylic acids is 1. The number of benzene rings is 2. The lowest BCUT2D eigenvalue weighted by molar-refractivity contribution is -0.115. The summed E-state index contributed by atoms with van der Waals surface area (Å²) in [6.45, 7) is 0.459. The van der Waals surface area contributed by atoms with Gasteiger partial charge in [0, 0.05) is 17.3 Å². The first kappa shape index (κ1) is 13.6. The summed E-state index contributed by atoms with van der Waals surface area (Å²) >= 11 is 5.80. The Hall–Kier alpha value is -1.84. The quantitative estimate of drug-likeness (QED) is 0.901. The Balaban J connectivity index is 1.99. The van der Waals surface area contributed by atoms with Crippen molar-refractivity contribution in [3.05, 3.63) is 64.7 Å². The van der Waals surface area contributed by atoms with Crippen LogP contribution < -0.4 is 11.1 Å². The van der Waals surface area contributed by atoms with E-state index in [9.17, 15) is 4.79 Å². The predicted molar refractivity (Wildman–Crippen MR) is 78.1 cm³/mol. The van der Waals surface area contributed by atoms with Gasteiger partial charge < -0.3 is 11.1 Å². The second-order valence-electron chi connectivity index (χ2n) is 4.26. The molecule has 0 aliphatic heterocycles. The van der Waals surface area contributed by atoms with Gasteiger partial charge in [-0.2, -0.15) is 0 Å². The summed E-state index contributed by atoms with van der Waals surface area (Å²) in [6.07, 6.45) is 0.323. The topological polar surface area (TPSA) is 55.1 Å². The summed E-state index contributed by atoms with van der Waals surface area (Å²) < 4.78 is 0. The molecule has 19 heavy (non-hydrogen) atoms. The molecule has 1 amide bonds. The van der Waals surface area contributed by atoms with Gasteiger partial charge in [-0.15, -0.1) is 0 Å². The Bertz CT molecular complexity index is 567. The van der Waals surface area contributed by atoms with E-state index >= 15 is 0 Å². The van der Waals surface area contributed by atoms with Crippen molar-refractivity contribution in [1.82, 2.24) is 0 Å². The van der Waals surface area contributed by atoms with Gasteiger partial charge in [0.05, 0.1) is 6.42 Å². The van der Waals surface area contributed by atoms with Gasteiger partial charge in [0.2, 0.25) is 5.91 Å². The average Bonchev–Trinajstić information content (AvgIpc) is 2.41. The number of rotatable bonds is 4. The SMILES string of the molecule is NCc1cccc(NC(=O)Cc2ccc(Cl)cc2)c1. The fraction of sp³-hybridized carbons (Fsp3) is 0.133. The minimum atomic E-state index is -0.0588. The van der Waals surface area contributed by atoms with Crippen LogP contribution >= 0.6 is 11.6 Å². The standard InChI is InChI=1S/C15H15ClN2O/c16-13-6-4-11(5-7-13)9-15(19)18-14-3-1-2-12(8-14)10-17/h1-8H,9-10,17H2,(H,18,19). The number of halogens is 1. The Kier molecular flexibility index (Phi) is 4.55. The maximum atomic E-state index is 11.9. The maximum absolute atomic E-state index is 11.9. The van der Waals surface area contributed by atoms with E-state index in [0.29, 0.717) is 18.0 Å². The van der Waals surface area contributed by atoms with Gasteiger partial charge in [-0.05, 0) is 35.4 Å². The van der Waals surface area contributed by atoms with Crippen LogP contribution in [0.5, 0.6) is 0 Å². The molecule has 2 aromatic rings. The lowest BCUT2D eigenvalue weighted by atomic mass is 10.1. The minimum Gasteiger partial charge on any atom is -0.326 e. The second-order valence-corrected chi connectivity index (χ2v) is 4.69. The van der Waals surface area contributed by atoms with Crippen molar-refractivity contribution in [3.63, 3.8) is 0 Å². The van der Waals surface area contributed by atoms with Crippen LogP contribution in [0.3, 0.4) is 0 Å². The third kappa shape index (κ3) is 4.09. The highest BCUT2D eigenvalue weighted by Gasteiger charge is 2.04. The van der Waals surface area contributed by atoms with Crippen LogP contribution in [0, 0.1) is 0 Å². The molecule has 2 aromatic carbocycles. The van der Waals surface area contributed by atoms with Crippen LogP contribution in [0.25, 0.3) is 0 Å². The molecule has 0 fully saturated rings. The Labute approximate surface area is 117 Å². The highest BCUT2D eigenvalue weighted by molar-refractivity contribution is 6.30. The number of hydrogen-bond acceptors (Lipinski definition) is 2. The van der Waals surface area contributed by atoms with Crippen LogP contribution in [0.1, 0.15) is 11.1 Å². The highest BCUT2D eigenvalue weighted by atomic mass is 35.5. The van der Waals surface area contributed by atoms with E-state index in [0.717, 1.165) is 16.8 Å². The molecule has 0 spiro atoms. The minimum absolute atomic E-state index is 0.0588. The molecule has 0 saturated heterocycles. The van der Waals surface area contributed by atoms with Crippen molar-refractivity contribution in [2.75, 3.05) is 5.32 Å². The summed E-state index contributed by atoms with van der Waals surface area (Å²) in [5, 5.41) is 3.52.